The number of methoxy groups -OCH3 is 1. The van der Waals surface area contributed by atoms with Crippen LogP contribution in [-0.4, -0.2) is 117 Å². The monoisotopic (exact) mass is 356 g/mol. The van der Waals surface area contributed by atoms with Crippen LogP contribution < -0.4 is 0 Å². The summed E-state index contributed by atoms with van der Waals surface area (Å²) in [5, 5.41) is 67.6. The molecule has 1 unspecified atom stereocenters. The van der Waals surface area contributed by atoms with Gasteiger partial charge < -0.3 is 54.7 Å². The first kappa shape index (κ1) is 19.9. The summed E-state index contributed by atoms with van der Waals surface area (Å²) in [6.07, 6.45) is -14.0. The molecule has 0 aromatic carbocycles. The van der Waals surface area contributed by atoms with E-state index in [0.717, 1.165) is 0 Å². The minimum Gasteiger partial charge on any atom is -0.394 e. The Morgan fingerprint density at radius 1 is 0.750 bits per heavy atom. The summed E-state index contributed by atoms with van der Waals surface area (Å²) in [7, 11) is 1.24. The molecule has 2 rings (SSSR count). The van der Waals surface area contributed by atoms with Gasteiger partial charge in [0.2, 0.25) is 0 Å². The van der Waals surface area contributed by atoms with Gasteiger partial charge in [-0.15, -0.1) is 0 Å². The van der Waals surface area contributed by atoms with Gasteiger partial charge in [-0.2, -0.15) is 0 Å². The highest BCUT2D eigenvalue weighted by Gasteiger charge is 2.50. The van der Waals surface area contributed by atoms with Gasteiger partial charge in [0.15, 0.2) is 12.6 Å². The van der Waals surface area contributed by atoms with E-state index in [1.165, 1.54) is 7.11 Å². The highest BCUT2D eigenvalue weighted by atomic mass is 16.7. The van der Waals surface area contributed by atoms with E-state index in [2.05, 4.69) is 0 Å². The molecule has 2 aliphatic heterocycles. The molecule has 0 saturated carbocycles. The van der Waals surface area contributed by atoms with Crippen LogP contribution in [0.5, 0.6) is 0 Å². The predicted octanol–water partition coefficient (Wildman–Crippen LogP) is -4.74. The first-order valence-corrected chi connectivity index (χ1v) is 7.46. The van der Waals surface area contributed by atoms with E-state index in [1.807, 2.05) is 0 Å². The van der Waals surface area contributed by atoms with Crippen molar-refractivity contribution in [2.45, 2.75) is 61.4 Å². The molecule has 0 aromatic heterocycles. The van der Waals surface area contributed by atoms with Crippen molar-refractivity contribution >= 4 is 0 Å². The Morgan fingerprint density at radius 2 is 1.38 bits per heavy atom. The van der Waals surface area contributed by atoms with Gasteiger partial charge in [-0.3, -0.25) is 0 Å². The molecule has 0 aliphatic carbocycles. The number of hydrogen-bond acceptors (Lipinski definition) is 11. The Balaban J connectivity index is 2.16. The molecular formula is C13H24O11. The number of aliphatic hydroxyl groups excluding tert-OH is 7. The van der Waals surface area contributed by atoms with Gasteiger partial charge in [-0.25, -0.2) is 0 Å². The maximum Gasteiger partial charge on any atom is 0.187 e. The van der Waals surface area contributed by atoms with Crippen LogP contribution in [0.3, 0.4) is 0 Å². The van der Waals surface area contributed by atoms with Gasteiger partial charge in [-0.05, 0) is 0 Å². The van der Waals surface area contributed by atoms with Crippen LogP contribution in [0.4, 0.5) is 0 Å². The lowest BCUT2D eigenvalue weighted by atomic mass is 9.97. The molecule has 0 radical (unpaired) electrons. The molecule has 0 bridgehead atoms. The Morgan fingerprint density at radius 3 is 1.92 bits per heavy atom. The van der Waals surface area contributed by atoms with Gasteiger partial charge >= 0.3 is 0 Å². The number of hydrogen-bond donors (Lipinski definition) is 7. The second kappa shape index (κ2) is 8.29. The zero-order valence-electron chi connectivity index (χ0n) is 13.0. The van der Waals surface area contributed by atoms with Crippen LogP contribution in [0.15, 0.2) is 0 Å². The van der Waals surface area contributed by atoms with E-state index >= 15 is 0 Å². The molecule has 10 atom stereocenters. The van der Waals surface area contributed by atoms with Crippen LogP contribution >= 0.6 is 0 Å². The van der Waals surface area contributed by atoms with Crippen molar-refractivity contribution in [2.24, 2.45) is 0 Å². The van der Waals surface area contributed by atoms with Crippen molar-refractivity contribution < 1.29 is 54.7 Å². The van der Waals surface area contributed by atoms with E-state index in [1.54, 1.807) is 0 Å². The Bertz CT molecular complexity index is 394. The summed E-state index contributed by atoms with van der Waals surface area (Å²) in [5.74, 6) is 0. The molecule has 11 heteroatoms. The van der Waals surface area contributed by atoms with Crippen molar-refractivity contribution in [3.63, 3.8) is 0 Å². The molecule has 2 fully saturated rings. The van der Waals surface area contributed by atoms with E-state index in [4.69, 9.17) is 24.1 Å². The smallest absolute Gasteiger partial charge is 0.187 e. The Labute approximate surface area is 137 Å². The van der Waals surface area contributed by atoms with Crippen LogP contribution in [0.25, 0.3) is 0 Å². The first-order valence-electron chi connectivity index (χ1n) is 7.46. The second-order valence-electron chi connectivity index (χ2n) is 5.74. The van der Waals surface area contributed by atoms with Crippen LogP contribution in [0.2, 0.25) is 0 Å². The lowest BCUT2D eigenvalue weighted by molar-refractivity contribution is -0.357. The summed E-state index contributed by atoms with van der Waals surface area (Å²) in [5.41, 5.74) is 0. The number of ether oxygens (including phenoxy) is 4. The molecule has 2 aliphatic rings. The highest BCUT2D eigenvalue weighted by molar-refractivity contribution is 4.94. The minimum atomic E-state index is -1.66. The van der Waals surface area contributed by atoms with Crippen molar-refractivity contribution in [2.75, 3.05) is 20.3 Å². The average Bonchev–Trinajstić information content (AvgIpc) is 2.58. The van der Waals surface area contributed by atoms with Crippen molar-refractivity contribution in [3.05, 3.63) is 0 Å². The highest BCUT2D eigenvalue weighted by Crippen LogP contribution is 2.29. The van der Waals surface area contributed by atoms with Crippen LogP contribution in [0.1, 0.15) is 0 Å². The topological polar surface area (TPSA) is 179 Å². The average molecular weight is 356 g/mol. The van der Waals surface area contributed by atoms with Gasteiger partial charge in [-0.1, -0.05) is 0 Å². The molecule has 11 nitrogen and oxygen atoms in total. The van der Waals surface area contributed by atoms with Gasteiger partial charge in [0.05, 0.1) is 13.2 Å². The van der Waals surface area contributed by atoms with Crippen molar-refractivity contribution in [1.82, 2.24) is 0 Å². The molecule has 0 spiro atoms. The summed E-state index contributed by atoms with van der Waals surface area (Å²) in [6.45, 7) is -1.23. The van der Waals surface area contributed by atoms with Gasteiger partial charge in [0.25, 0.3) is 0 Å². The van der Waals surface area contributed by atoms with E-state index in [0.29, 0.717) is 0 Å². The minimum absolute atomic E-state index is 0.592. The molecule has 2 saturated heterocycles. The molecule has 2 heterocycles. The number of aliphatic hydroxyl groups is 7. The largest absolute Gasteiger partial charge is 0.394 e. The molecule has 0 amide bonds. The summed E-state index contributed by atoms with van der Waals surface area (Å²) in [4.78, 5) is 0. The molecule has 7 N–H and O–H groups in total. The quantitative estimate of drug-likeness (QED) is 0.251. The summed E-state index contributed by atoms with van der Waals surface area (Å²) >= 11 is 0. The summed E-state index contributed by atoms with van der Waals surface area (Å²) in [6, 6.07) is 0. The van der Waals surface area contributed by atoms with Crippen LogP contribution in [-0.2, 0) is 18.9 Å². The van der Waals surface area contributed by atoms with E-state index in [9.17, 15) is 30.6 Å². The van der Waals surface area contributed by atoms with Gasteiger partial charge in [0.1, 0.15) is 48.8 Å². The predicted molar refractivity (Wildman–Crippen MR) is 73.4 cm³/mol. The Hall–Kier alpha value is -0.440. The zero-order valence-corrected chi connectivity index (χ0v) is 13.0. The normalized spacial score (nSPS) is 50.0. The van der Waals surface area contributed by atoms with Crippen LogP contribution in [0, 0.1) is 0 Å². The molecular weight excluding hydrogens is 332 g/mol. The SMILES string of the molecule is CO[C@H]1[C@@H](O[C@H]2O[C@H](CO)[C@H](O)[C@H](O)[C@H]2O)[C@@H](CO)OC(O)[C@@H]1O. The fraction of sp³-hybridized carbons (Fsp3) is 1.00. The van der Waals surface area contributed by atoms with E-state index in [-0.39, 0.29) is 0 Å². The fourth-order valence-corrected chi connectivity index (χ4v) is 2.83. The maximum absolute atomic E-state index is 9.99. The molecule has 142 valence electrons. The lowest BCUT2D eigenvalue weighted by Gasteiger charge is -2.46. The van der Waals surface area contributed by atoms with Crippen molar-refractivity contribution in [1.29, 1.82) is 0 Å². The zero-order chi connectivity index (χ0) is 18.0. The molecule has 0 aromatic rings. The third-order valence-corrected chi connectivity index (χ3v) is 4.23. The third kappa shape index (κ3) is 3.71. The fourth-order valence-electron chi connectivity index (χ4n) is 2.83. The van der Waals surface area contributed by atoms with Crippen molar-refractivity contribution in [3.8, 4) is 0 Å². The lowest BCUT2D eigenvalue weighted by Crippen LogP contribution is -2.64. The second-order valence-corrected chi connectivity index (χ2v) is 5.74. The van der Waals surface area contributed by atoms with E-state index < -0.39 is 74.6 Å². The third-order valence-electron chi connectivity index (χ3n) is 4.23. The molecule has 24 heavy (non-hydrogen) atoms. The van der Waals surface area contributed by atoms with Gasteiger partial charge in [0, 0.05) is 7.11 Å². The number of rotatable bonds is 5. The first-order chi connectivity index (χ1) is 11.3. The Kier molecular flexibility index (Phi) is 6.87. The summed E-state index contributed by atoms with van der Waals surface area (Å²) < 4.78 is 20.8. The maximum atomic E-state index is 9.99. The standard InChI is InChI=1S/C13H24O11/c1-21-11-9(19)12(20)22-5(3-15)10(11)24-13-8(18)7(17)6(16)4(2-14)23-13/h4-20H,2-3H2,1H3/t4-,5-,6+,7+,8-,9-,10+,11-,12?,13-/m1/s1.